The number of rotatable bonds is 40. The molecule has 4 nitrogen and oxygen atoms in total. The predicted octanol–water partition coefficient (Wildman–Crippen LogP) is 15.1. The Kier molecular flexibility index (Phi) is 45.0. The lowest BCUT2D eigenvalue weighted by Crippen LogP contribution is -2.45. The monoisotopic (exact) mass is 798 g/mol. The summed E-state index contributed by atoms with van der Waals surface area (Å²) in [6, 6.07) is -0.655. The summed E-state index contributed by atoms with van der Waals surface area (Å²) in [5, 5.41) is 22.9. The average molecular weight is 798 g/mol. The van der Waals surface area contributed by atoms with Gasteiger partial charge < -0.3 is 15.5 Å². The van der Waals surface area contributed by atoms with E-state index in [1.165, 1.54) is 64.2 Å². The highest BCUT2D eigenvalue weighted by Gasteiger charge is 2.17. The maximum atomic E-state index is 12.4. The minimum absolute atomic E-state index is 0.114. The molecule has 0 spiro atoms. The number of unbranched alkanes of at least 4 members (excludes halogenated alkanes) is 13. The topological polar surface area (TPSA) is 69.6 Å². The van der Waals surface area contributed by atoms with E-state index in [0.29, 0.717) is 6.42 Å². The summed E-state index contributed by atoms with van der Waals surface area (Å²) >= 11 is 0. The highest BCUT2D eigenvalue weighted by molar-refractivity contribution is 5.76. The van der Waals surface area contributed by atoms with Crippen molar-refractivity contribution in [2.75, 3.05) is 6.61 Å². The van der Waals surface area contributed by atoms with Crippen molar-refractivity contribution in [2.24, 2.45) is 0 Å². The lowest BCUT2D eigenvalue weighted by atomic mass is 10.0. The first kappa shape index (κ1) is 54.5. The summed E-state index contributed by atoms with van der Waals surface area (Å²) in [4.78, 5) is 12.4. The fraction of sp³-hybridized carbons (Fsp3) is 0.574. The number of aliphatic hydroxyl groups is 2. The summed E-state index contributed by atoms with van der Waals surface area (Å²) in [6.07, 6.45) is 75.6. The molecule has 4 heteroatoms. The van der Waals surface area contributed by atoms with Crippen LogP contribution in [0.2, 0.25) is 0 Å². The number of carbonyl (C=O) groups excluding carboxylic acids is 1. The molecule has 0 aliphatic carbocycles. The maximum Gasteiger partial charge on any atom is 0.220 e. The van der Waals surface area contributed by atoms with Crippen LogP contribution in [-0.2, 0) is 4.79 Å². The zero-order valence-corrected chi connectivity index (χ0v) is 37.3. The van der Waals surface area contributed by atoms with E-state index in [4.69, 9.17) is 0 Å². The van der Waals surface area contributed by atoms with Gasteiger partial charge in [0.05, 0.1) is 18.8 Å². The van der Waals surface area contributed by atoms with E-state index in [-0.39, 0.29) is 12.5 Å². The zero-order chi connectivity index (χ0) is 42.1. The third kappa shape index (κ3) is 43.6. The van der Waals surface area contributed by atoms with E-state index in [9.17, 15) is 15.0 Å². The molecule has 2 unspecified atom stereocenters. The third-order valence-electron chi connectivity index (χ3n) is 9.64. The second-order valence-corrected chi connectivity index (χ2v) is 15.1. The van der Waals surface area contributed by atoms with Gasteiger partial charge in [-0.3, -0.25) is 4.79 Å². The molecule has 0 aromatic carbocycles. The average Bonchev–Trinajstić information content (AvgIpc) is 3.23. The number of nitrogens with one attached hydrogen (secondary N) is 1. The summed E-state index contributed by atoms with van der Waals surface area (Å²) < 4.78 is 0. The van der Waals surface area contributed by atoms with Gasteiger partial charge in [0.1, 0.15) is 0 Å². The molecule has 1 amide bonds. The molecule has 0 fully saturated rings. The Morgan fingerprint density at radius 3 is 1.14 bits per heavy atom. The fourth-order valence-electron chi connectivity index (χ4n) is 6.09. The Morgan fingerprint density at radius 1 is 0.431 bits per heavy atom. The van der Waals surface area contributed by atoms with Gasteiger partial charge in [0.2, 0.25) is 5.91 Å². The molecular weight excluding hydrogens is 711 g/mol. The van der Waals surface area contributed by atoms with Crippen LogP contribution in [0.25, 0.3) is 0 Å². The molecule has 0 aliphatic rings. The Balaban J connectivity index is 3.77. The van der Waals surface area contributed by atoms with Crippen LogP contribution in [0.4, 0.5) is 0 Å². The third-order valence-corrected chi connectivity index (χ3v) is 9.64. The molecule has 0 rings (SSSR count). The Hall–Kier alpha value is -3.47. The molecular formula is C54H87NO3. The lowest BCUT2D eigenvalue weighted by Gasteiger charge is -2.19. The first-order valence-corrected chi connectivity index (χ1v) is 23.4. The van der Waals surface area contributed by atoms with Gasteiger partial charge in [-0.1, -0.05) is 212 Å². The van der Waals surface area contributed by atoms with Gasteiger partial charge in [0.15, 0.2) is 0 Å². The minimum Gasteiger partial charge on any atom is -0.394 e. The molecule has 58 heavy (non-hydrogen) atoms. The molecule has 0 heterocycles. The molecule has 0 radical (unpaired) electrons. The largest absolute Gasteiger partial charge is 0.394 e. The van der Waals surface area contributed by atoms with E-state index in [1.807, 2.05) is 6.08 Å². The summed E-state index contributed by atoms with van der Waals surface area (Å²) in [5.41, 5.74) is 0. The Labute approximate surface area is 358 Å². The van der Waals surface area contributed by atoms with E-state index in [1.54, 1.807) is 6.08 Å². The second kappa shape index (κ2) is 47.9. The maximum absolute atomic E-state index is 12.4. The normalized spacial score (nSPS) is 14.2. The van der Waals surface area contributed by atoms with Crippen LogP contribution in [0, 0.1) is 0 Å². The highest BCUT2D eigenvalue weighted by Crippen LogP contribution is 2.12. The van der Waals surface area contributed by atoms with Gasteiger partial charge in [-0.05, 0) is 96.3 Å². The molecule has 0 aromatic rings. The van der Waals surface area contributed by atoms with Crippen LogP contribution in [0.3, 0.4) is 0 Å². The summed E-state index contributed by atoms with van der Waals surface area (Å²) in [7, 11) is 0. The van der Waals surface area contributed by atoms with Crippen molar-refractivity contribution in [3.8, 4) is 0 Å². The van der Waals surface area contributed by atoms with Crippen molar-refractivity contribution in [1.82, 2.24) is 5.32 Å². The number of aliphatic hydroxyl groups excluding tert-OH is 2. The van der Waals surface area contributed by atoms with E-state index in [0.717, 1.165) is 96.3 Å². The molecule has 3 N–H and O–H groups in total. The van der Waals surface area contributed by atoms with Crippen molar-refractivity contribution in [1.29, 1.82) is 0 Å². The van der Waals surface area contributed by atoms with Gasteiger partial charge in [-0.2, -0.15) is 0 Å². The van der Waals surface area contributed by atoms with Gasteiger partial charge in [-0.25, -0.2) is 0 Å². The first-order chi connectivity index (χ1) is 28.7. The summed E-state index contributed by atoms with van der Waals surface area (Å²) in [6.45, 7) is 4.15. The SMILES string of the molecule is CC/C=C\C/C=C\C/C=C\C/C=C\C/C=C\C/C=C\C/C=C\C/C=C\C/C=C\C/C=C\CCCCC(=O)NC(CO)C(O)/C=C/CCCCCCCCCCCCC. The first-order valence-electron chi connectivity index (χ1n) is 23.4. The lowest BCUT2D eigenvalue weighted by molar-refractivity contribution is -0.123. The van der Waals surface area contributed by atoms with Gasteiger partial charge in [-0.15, -0.1) is 0 Å². The van der Waals surface area contributed by atoms with E-state index >= 15 is 0 Å². The molecule has 2 atom stereocenters. The molecule has 0 aromatic heterocycles. The quantitative estimate of drug-likeness (QED) is 0.0427. The Bertz CT molecular complexity index is 1220. The van der Waals surface area contributed by atoms with Crippen molar-refractivity contribution >= 4 is 5.91 Å². The molecule has 0 saturated heterocycles. The van der Waals surface area contributed by atoms with Crippen molar-refractivity contribution in [3.63, 3.8) is 0 Å². The van der Waals surface area contributed by atoms with Crippen molar-refractivity contribution in [3.05, 3.63) is 134 Å². The standard InChI is InChI=1S/C54H87NO3/c1-3-5-7-9-11-13-15-17-18-19-20-21-22-23-24-25-26-27-28-29-30-31-32-33-34-35-36-38-40-42-44-46-48-50-54(58)55-52(51-56)53(57)49-47-45-43-41-39-37-16-14-12-10-8-6-4-2/h5,7,11,13,17-18,20-21,23-24,26-27,29-30,32-33,35-36,40,42,47,49,52-53,56-57H,3-4,6,8-10,12,14-16,19,22,25,28,31,34,37-39,41,43-46,48,50-51H2,1-2H3,(H,55,58)/b7-5-,13-11-,18-17-,21-20-,24-23-,27-26-,30-29-,33-32-,36-35-,42-40-,49-47+. The number of carbonyl (C=O) groups is 1. The van der Waals surface area contributed by atoms with Crippen molar-refractivity contribution < 1.29 is 15.0 Å². The van der Waals surface area contributed by atoms with Crippen LogP contribution in [0.15, 0.2) is 134 Å². The fourth-order valence-corrected chi connectivity index (χ4v) is 6.09. The van der Waals surface area contributed by atoms with Crippen molar-refractivity contribution in [2.45, 2.75) is 193 Å². The molecule has 0 aliphatic heterocycles. The van der Waals surface area contributed by atoms with E-state index in [2.05, 4.69) is 141 Å². The van der Waals surface area contributed by atoms with Crippen LogP contribution in [0.1, 0.15) is 181 Å². The Morgan fingerprint density at radius 2 is 0.759 bits per heavy atom. The predicted molar refractivity (Wildman–Crippen MR) is 257 cm³/mol. The van der Waals surface area contributed by atoms with Crippen LogP contribution in [-0.4, -0.2) is 34.9 Å². The smallest absolute Gasteiger partial charge is 0.220 e. The van der Waals surface area contributed by atoms with Gasteiger partial charge in [0.25, 0.3) is 0 Å². The zero-order valence-electron chi connectivity index (χ0n) is 37.3. The van der Waals surface area contributed by atoms with Crippen LogP contribution in [0.5, 0.6) is 0 Å². The molecule has 0 bridgehead atoms. The number of allylic oxidation sites excluding steroid dienone is 21. The van der Waals surface area contributed by atoms with Crippen LogP contribution >= 0.6 is 0 Å². The minimum atomic E-state index is -0.866. The highest BCUT2D eigenvalue weighted by atomic mass is 16.3. The van der Waals surface area contributed by atoms with Gasteiger partial charge >= 0.3 is 0 Å². The van der Waals surface area contributed by atoms with Crippen LogP contribution < -0.4 is 5.32 Å². The summed E-state index contributed by atoms with van der Waals surface area (Å²) in [5.74, 6) is -0.114. The molecule has 0 saturated carbocycles. The number of amides is 1. The number of hydrogen-bond donors (Lipinski definition) is 3. The van der Waals surface area contributed by atoms with E-state index < -0.39 is 12.1 Å². The number of hydrogen-bond acceptors (Lipinski definition) is 3. The van der Waals surface area contributed by atoms with Gasteiger partial charge in [0, 0.05) is 6.42 Å². The second-order valence-electron chi connectivity index (χ2n) is 15.1. The molecule has 326 valence electrons.